The lowest BCUT2D eigenvalue weighted by Gasteiger charge is -2.34. The molecule has 0 saturated heterocycles. The summed E-state index contributed by atoms with van der Waals surface area (Å²) in [5.41, 5.74) is 7.35. The van der Waals surface area contributed by atoms with E-state index < -0.39 is 21.0 Å². The zero-order valence-electron chi connectivity index (χ0n) is 22.2. The number of hydrogen-bond acceptors (Lipinski definition) is 10. The van der Waals surface area contributed by atoms with Crippen LogP contribution < -0.4 is 15.8 Å². The molecule has 11 heteroatoms. The molecule has 2 aliphatic rings. The van der Waals surface area contributed by atoms with Gasteiger partial charge in [0.2, 0.25) is 5.88 Å². The first-order valence-corrected chi connectivity index (χ1v) is 14.6. The number of nitrogens with two attached hydrogens (primary N) is 1. The lowest BCUT2D eigenvalue weighted by atomic mass is 9.88. The van der Waals surface area contributed by atoms with Crippen molar-refractivity contribution in [2.75, 3.05) is 11.6 Å². The molecule has 0 aromatic carbocycles. The van der Waals surface area contributed by atoms with Crippen molar-refractivity contribution in [3.8, 4) is 5.88 Å². The Morgan fingerprint density at radius 2 is 1.92 bits per heavy atom. The molecule has 1 unspecified atom stereocenters. The van der Waals surface area contributed by atoms with Gasteiger partial charge in [-0.05, 0) is 56.3 Å². The van der Waals surface area contributed by atoms with Crippen LogP contribution in [0.5, 0.6) is 5.88 Å². The van der Waals surface area contributed by atoms with Gasteiger partial charge in [-0.25, -0.2) is 28.2 Å². The number of fused-ring (bicyclic) bond motifs is 2. The molecular formula is C27H33N5O5S. The summed E-state index contributed by atoms with van der Waals surface area (Å²) in [5, 5.41) is 4.40. The van der Waals surface area contributed by atoms with E-state index in [1.165, 1.54) is 6.26 Å². The number of ether oxygens (including phenoxy) is 2. The van der Waals surface area contributed by atoms with Crippen LogP contribution in [0.15, 0.2) is 30.6 Å². The van der Waals surface area contributed by atoms with Gasteiger partial charge in [0.1, 0.15) is 23.3 Å². The van der Waals surface area contributed by atoms with E-state index >= 15 is 0 Å². The summed E-state index contributed by atoms with van der Waals surface area (Å²) in [6, 6.07) is 5.32. The largest absolute Gasteiger partial charge is 0.474 e. The summed E-state index contributed by atoms with van der Waals surface area (Å²) in [7, 11) is -3.08. The molecule has 1 aliphatic carbocycles. The van der Waals surface area contributed by atoms with Crippen LogP contribution in [0.25, 0.3) is 10.8 Å². The summed E-state index contributed by atoms with van der Waals surface area (Å²) in [6.45, 7) is 7.68. The number of anilines is 2. The van der Waals surface area contributed by atoms with Crippen molar-refractivity contribution in [2.45, 2.75) is 75.9 Å². The van der Waals surface area contributed by atoms with Gasteiger partial charge in [0.15, 0.2) is 9.84 Å². The molecule has 1 fully saturated rings. The lowest BCUT2D eigenvalue weighted by Crippen LogP contribution is -2.42. The smallest absolute Gasteiger partial charge is 0.340 e. The Kier molecular flexibility index (Phi) is 6.34. The highest BCUT2D eigenvalue weighted by Crippen LogP contribution is 2.37. The zero-order valence-corrected chi connectivity index (χ0v) is 23.1. The van der Waals surface area contributed by atoms with Gasteiger partial charge in [-0.2, -0.15) is 0 Å². The van der Waals surface area contributed by atoms with E-state index in [1.54, 1.807) is 24.5 Å². The van der Waals surface area contributed by atoms with Crippen LogP contribution in [0, 0.1) is 0 Å². The number of pyridine rings is 3. The van der Waals surface area contributed by atoms with Gasteiger partial charge in [0.05, 0.1) is 21.9 Å². The molecule has 10 nitrogen and oxygen atoms in total. The minimum atomic E-state index is -3.08. The molecule has 1 atom stereocenters. The molecule has 0 spiro atoms. The number of esters is 1. The highest BCUT2D eigenvalue weighted by molar-refractivity contribution is 7.91. The Bertz CT molecular complexity index is 1530. The number of sulfone groups is 1. The fourth-order valence-electron chi connectivity index (χ4n) is 4.81. The first kappa shape index (κ1) is 26.3. The van der Waals surface area contributed by atoms with E-state index in [9.17, 15) is 13.2 Å². The van der Waals surface area contributed by atoms with E-state index in [4.69, 9.17) is 15.2 Å². The van der Waals surface area contributed by atoms with Crippen LogP contribution in [-0.4, -0.2) is 52.5 Å². The molecule has 3 aromatic heterocycles. The van der Waals surface area contributed by atoms with Crippen LogP contribution in [0.3, 0.4) is 0 Å². The molecule has 1 aliphatic heterocycles. The molecule has 3 N–H and O–H groups in total. The first-order valence-electron chi connectivity index (χ1n) is 12.7. The number of aromatic nitrogens is 3. The van der Waals surface area contributed by atoms with Crippen molar-refractivity contribution in [3.05, 3.63) is 47.4 Å². The maximum absolute atomic E-state index is 12.3. The quantitative estimate of drug-likeness (QED) is 0.425. The van der Waals surface area contributed by atoms with Crippen molar-refractivity contribution >= 4 is 38.2 Å². The summed E-state index contributed by atoms with van der Waals surface area (Å²) in [5.74, 6) is 1.13. The second-order valence-corrected chi connectivity index (χ2v) is 13.5. The molecule has 1 saturated carbocycles. The molecule has 0 amide bonds. The maximum atomic E-state index is 12.3. The predicted molar refractivity (Wildman–Crippen MR) is 144 cm³/mol. The minimum Gasteiger partial charge on any atom is -0.474 e. The maximum Gasteiger partial charge on any atom is 0.340 e. The summed E-state index contributed by atoms with van der Waals surface area (Å²) < 4.78 is 35.2. The number of hydrogen-bond donors (Lipinski definition) is 2. The van der Waals surface area contributed by atoms with Gasteiger partial charge < -0.3 is 20.5 Å². The first-order chi connectivity index (χ1) is 17.8. The van der Waals surface area contributed by atoms with Crippen molar-refractivity contribution in [3.63, 3.8) is 0 Å². The number of cyclic esters (lactones) is 1. The number of rotatable bonds is 7. The SMILES string of the molecule is CCC(C)(N)c1cnc(OC2CC(S(C)(=O)=O)C2)c2cnc(Nc3ccc4c(n3)CC(C)(C)OC4=O)cc12. The monoisotopic (exact) mass is 539 g/mol. The standard InChI is InChI=1S/C27H33N5O5S/c1-6-27(4,28)20-14-30-24(36-15-9-16(10-15)38(5,34)35)19-13-29-23(11-18(19)20)32-22-8-7-17-21(31-22)12-26(2,3)37-25(17)33/h7-8,11,13-16H,6,9-10,12,28H2,1-5H3,(H,29,31,32). The summed E-state index contributed by atoms with van der Waals surface area (Å²) in [4.78, 5) is 26.1. The molecule has 38 heavy (non-hydrogen) atoms. The van der Waals surface area contributed by atoms with E-state index in [-0.39, 0.29) is 17.3 Å². The van der Waals surface area contributed by atoms with E-state index in [2.05, 4.69) is 20.3 Å². The Morgan fingerprint density at radius 1 is 1.18 bits per heavy atom. The minimum absolute atomic E-state index is 0.222. The zero-order chi connectivity index (χ0) is 27.5. The van der Waals surface area contributed by atoms with Crippen LogP contribution >= 0.6 is 0 Å². The van der Waals surface area contributed by atoms with E-state index in [0.717, 1.165) is 10.9 Å². The van der Waals surface area contributed by atoms with Gasteiger partial charge >= 0.3 is 5.97 Å². The average molecular weight is 540 g/mol. The molecule has 0 bridgehead atoms. The highest BCUT2D eigenvalue weighted by atomic mass is 32.2. The Hall–Kier alpha value is -3.31. The Morgan fingerprint density at radius 3 is 2.61 bits per heavy atom. The lowest BCUT2D eigenvalue weighted by molar-refractivity contribution is -0.00714. The van der Waals surface area contributed by atoms with Crippen molar-refractivity contribution < 1.29 is 22.7 Å². The number of carbonyl (C=O) groups excluding carboxylic acids is 1. The number of nitrogens with one attached hydrogen (secondary N) is 1. The number of carbonyl (C=O) groups is 1. The summed E-state index contributed by atoms with van der Waals surface area (Å²) >= 11 is 0. The highest BCUT2D eigenvalue weighted by Gasteiger charge is 2.38. The second kappa shape index (κ2) is 9.16. The predicted octanol–water partition coefficient (Wildman–Crippen LogP) is 3.80. The van der Waals surface area contributed by atoms with Crippen LogP contribution in [0.1, 0.15) is 68.6 Å². The van der Waals surface area contributed by atoms with Gasteiger partial charge in [0, 0.05) is 43.5 Å². The van der Waals surface area contributed by atoms with Crippen molar-refractivity contribution in [1.82, 2.24) is 15.0 Å². The van der Waals surface area contributed by atoms with Gasteiger partial charge in [0.25, 0.3) is 0 Å². The fourth-order valence-corrected chi connectivity index (χ4v) is 5.94. The normalized spacial score (nSPS) is 22.1. The van der Waals surface area contributed by atoms with Crippen LogP contribution in [0.4, 0.5) is 11.6 Å². The molecule has 4 heterocycles. The van der Waals surface area contributed by atoms with Crippen molar-refractivity contribution in [2.24, 2.45) is 5.73 Å². The van der Waals surface area contributed by atoms with Crippen molar-refractivity contribution in [1.29, 1.82) is 0 Å². The van der Waals surface area contributed by atoms with Crippen LogP contribution in [-0.2, 0) is 26.5 Å². The summed E-state index contributed by atoms with van der Waals surface area (Å²) in [6.07, 6.45) is 6.51. The molecule has 0 radical (unpaired) electrons. The molecule has 5 rings (SSSR count). The molecule has 3 aromatic rings. The topological polar surface area (TPSA) is 146 Å². The second-order valence-electron chi connectivity index (χ2n) is 11.2. The van der Waals surface area contributed by atoms with Crippen LogP contribution in [0.2, 0.25) is 0 Å². The van der Waals surface area contributed by atoms with E-state index in [0.29, 0.717) is 59.8 Å². The van der Waals surface area contributed by atoms with Gasteiger partial charge in [-0.3, -0.25) is 0 Å². The molecular weight excluding hydrogens is 506 g/mol. The fraction of sp³-hybridized carbons (Fsp3) is 0.481. The third-order valence-corrected chi connectivity index (χ3v) is 9.03. The average Bonchev–Trinajstić information content (AvgIpc) is 2.79. The molecule has 202 valence electrons. The third kappa shape index (κ3) is 5.04. The van der Waals surface area contributed by atoms with Gasteiger partial charge in [-0.15, -0.1) is 0 Å². The van der Waals surface area contributed by atoms with Gasteiger partial charge in [-0.1, -0.05) is 6.92 Å². The van der Waals surface area contributed by atoms with E-state index in [1.807, 2.05) is 33.8 Å². The Labute approximate surface area is 222 Å². The Balaban J connectivity index is 1.47. The number of nitrogens with zero attached hydrogens (tertiary/aromatic N) is 3. The third-order valence-electron chi connectivity index (χ3n) is 7.43.